The largest absolute Gasteiger partial charge is 0.339 e. The third-order valence-corrected chi connectivity index (χ3v) is 5.32. The van der Waals surface area contributed by atoms with Crippen LogP contribution in [0.4, 0.5) is 10.5 Å². The second kappa shape index (κ2) is 8.33. The first-order valence-corrected chi connectivity index (χ1v) is 9.10. The van der Waals surface area contributed by atoms with Gasteiger partial charge in [0.15, 0.2) is 0 Å². The van der Waals surface area contributed by atoms with Crippen LogP contribution < -0.4 is 5.32 Å². The van der Waals surface area contributed by atoms with Gasteiger partial charge >= 0.3 is 0 Å². The van der Waals surface area contributed by atoms with Gasteiger partial charge < -0.3 is 10.2 Å². The summed E-state index contributed by atoms with van der Waals surface area (Å²) < 4.78 is 1.03. The van der Waals surface area contributed by atoms with Crippen molar-refractivity contribution in [2.45, 2.75) is 4.90 Å². The highest BCUT2D eigenvalue weighted by Crippen LogP contribution is 2.24. The van der Waals surface area contributed by atoms with Crippen LogP contribution in [0.15, 0.2) is 51.2 Å². The second-order valence-corrected chi connectivity index (χ2v) is 8.27. The van der Waals surface area contributed by atoms with Gasteiger partial charge in [0.2, 0.25) is 5.91 Å². The molecule has 7 heteroatoms. The third kappa shape index (κ3) is 5.85. The topological polar surface area (TPSA) is 49.4 Å². The number of nitrogens with one attached hydrogen (secondary N) is 1. The first kappa shape index (κ1) is 17.8. The zero-order chi connectivity index (χ0) is 16.8. The van der Waals surface area contributed by atoms with Crippen molar-refractivity contribution in [3.05, 3.63) is 51.1 Å². The van der Waals surface area contributed by atoms with Gasteiger partial charge in [-0.15, -0.1) is 11.3 Å². The molecule has 0 saturated heterocycles. The molecule has 0 saturated carbocycles. The first-order valence-electron chi connectivity index (χ1n) is 6.67. The number of anilines is 1. The van der Waals surface area contributed by atoms with E-state index in [9.17, 15) is 9.59 Å². The maximum Gasteiger partial charge on any atom is 0.285 e. The van der Waals surface area contributed by atoms with Gasteiger partial charge in [-0.05, 0) is 70.2 Å². The van der Waals surface area contributed by atoms with Gasteiger partial charge in [-0.25, -0.2) is 0 Å². The Bertz CT molecular complexity index is 724. The Balaban J connectivity index is 1.91. The number of hydrogen-bond acceptors (Lipinski definition) is 4. The minimum atomic E-state index is -0.195. The van der Waals surface area contributed by atoms with Crippen molar-refractivity contribution in [3.63, 3.8) is 0 Å². The van der Waals surface area contributed by atoms with Crippen LogP contribution in [0.25, 0.3) is 6.08 Å². The van der Waals surface area contributed by atoms with Crippen molar-refractivity contribution in [2.24, 2.45) is 0 Å². The van der Waals surface area contributed by atoms with E-state index in [-0.39, 0.29) is 11.1 Å². The van der Waals surface area contributed by atoms with E-state index in [1.165, 1.54) is 11.0 Å². The van der Waals surface area contributed by atoms with Crippen molar-refractivity contribution in [1.82, 2.24) is 4.90 Å². The number of carbonyl (C=O) groups is 2. The molecule has 23 heavy (non-hydrogen) atoms. The molecular weight excluding hydrogens is 396 g/mol. The van der Waals surface area contributed by atoms with E-state index >= 15 is 0 Å². The summed E-state index contributed by atoms with van der Waals surface area (Å²) in [4.78, 5) is 26.8. The molecule has 0 atom stereocenters. The summed E-state index contributed by atoms with van der Waals surface area (Å²) in [5.74, 6) is -0.195. The van der Waals surface area contributed by atoms with Crippen LogP contribution in [0.2, 0.25) is 0 Å². The first-order chi connectivity index (χ1) is 10.9. The number of nitrogens with zero attached hydrogens (tertiary/aromatic N) is 1. The quantitative estimate of drug-likeness (QED) is 0.573. The van der Waals surface area contributed by atoms with Crippen LogP contribution in [-0.4, -0.2) is 30.1 Å². The number of amides is 2. The molecule has 0 aliphatic rings. The number of thioether (sulfide) groups is 1. The van der Waals surface area contributed by atoms with E-state index in [1.54, 1.807) is 43.6 Å². The molecule has 0 bridgehead atoms. The fourth-order valence-electron chi connectivity index (χ4n) is 1.56. The molecule has 2 rings (SSSR count). The van der Waals surface area contributed by atoms with E-state index in [2.05, 4.69) is 21.2 Å². The van der Waals surface area contributed by atoms with E-state index in [0.717, 1.165) is 25.3 Å². The van der Waals surface area contributed by atoms with Gasteiger partial charge in [-0.1, -0.05) is 0 Å². The second-order valence-electron chi connectivity index (χ2n) is 4.75. The van der Waals surface area contributed by atoms with Crippen molar-refractivity contribution >= 4 is 61.9 Å². The van der Waals surface area contributed by atoms with Gasteiger partial charge in [0, 0.05) is 35.6 Å². The predicted molar refractivity (Wildman–Crippen MR) is 101 cm³/mol. The van der Waals surface area contributed by atoms with Crippen LogP contribution in [0.5, 0.6) is 0 Å². The number of thiophene rings is 1. The summed E-state index contributed by atoms with van der Waals surface area (Å²) in [7, 11) is 3.42. The van der Waals surface area contributed by atoms with Gasteiger partial charge in [0.1, 0.15) is 0 Å². The molecule has 0 radical (unpaired) electrons. The lowest BCUT2D eigenvalue weighted by Crippen LogP contribution is -2.16. The number of hydrogen-bond donors (Lipinski definition) is 1. The minimum Gasteiger partial charge on any atom is -0.339 e. The van der Waals surface area contributed by atoms with E-state index < -0.39 is 0 Å². The number of carbonyl (C=O) groups excluding carboxylic acids is 2. The molecule has 0 fully saturated rings. The molecular formula is C16H15BrN2O2S2. The lowest BCUT2D eigenvalue weighted by molar-refractivity contribution is -0.111. The van der Waals surface area contributed by atoms with Crippen LogP contribution in [0.3, 0.4) is 0 Å². The summed E-state index contributed by atoms with van der Waals surface area (Å²) in [6.07, 6.45) is 3.27. The summed E-state index contributed by atoms with van der Waals surface area (Å²) in [5, 5.41) is 2.75. The highest BCUT2D eigenvalue weighted by molar-refractivity contribution is 9.11. The lowest BCUT2D eigenvalue weighted by Gasteiger charge is -2.09. The maximum absolute atomic E-state index is 11.9. The Hall–Kier alpha value is -1.57. The van der Waals surface area contributed by atoms with E-state index in [4.69, 9.17) is 0 Å². The van der Waals surface area contributed by atoms with Crippen LogP contribution in [-0.2, 0) is 4.79 Å². The summed E-state index contributed by atoms with van der Waals surface area (Å²) in [6, 6.07) is 11.0. The third-order valence-electron chi connectivity index (χ3n) is 2.69. The average Bonchev–Trinajstić information content (AvgIpc) is 2.92. The molecule has 4 nitrogen and oxygen atoms in total. The van der Waals surface area contributed by atoms with Crippen LogP contribution in [0.1, 0.15) is 4.88 Å². The van der Waals surface area contributed by atoms with Gasteiger partial charge in [-0.2, -0.15) is 0 Å². The lowest BCUT2D eigenvalue weighted by atomic mass is 10.3. The SMILES string of the molecule is CN(C)C(=O)Sc1ccc(NC(=O)/C=C/c2ccc(Br)s2)cc1. The summed E-state index contributed by atoms with van der Waals surface area (Å²) in [6.45, 7) is 0. The Labute approximate surface area is 151 Å². The normalized spacial score (nSPS) is 10.7. The standard InChI is InChI=1S/C16H15BrN2O2S2/c1-19(2)16(21)23-13-5-3-11(4-6-13)18-15(20)10-8-12-7-9-14(17)22-12/h3-10H,1-2H3,(H,18,20)/b10-8+. The average molecular weight is 411 g/mol. The predicted octanol–water partition coefficient (Wildman–Crippen LogP) is 4.94. The minimum absolute atomic E-state index is 0.0353. The van der Waals surface area contributed by atoms with Crippen molar-refractivity contribution < 1.29 is 9.59 Å². The molecule has 1 heterocycles. The van der Waals surface area contributed by atoms with Crippen LogP contribution in [0, 0.1) is 0 Å². The molecule has 0 spiro atoms. The molecule has 1 aromatic carbocycles. The van der Waals surface area contributed by atoms with Crippen LogP contribution >= 0.6 is 39.0 Å². The highest BCUT2D eigenvalue weighted by Gasteiger charge is 2.06. The molecule has 2 amide bonds. The number of halogens is 1. The monoisotopic (exact) mass is 410 g/mol. The van der Waals surface area contributed by atoms with E-state index in [1.807, 2.05) is 24.3 Å². The smallest absolute Gasteiger partial charge is 0.285 e. The number of benzene rings is 1. The zero-order valence-electron chi connectivity index (χ0n) is 12.6. The Kier molecular flexibility index (Phi) is 6.44. The Morgan fingerprint density at radius 1 is 1.17 bits per heavy atom. The molecule has 0 unspecified atom stereocenters. The van der Waals surface area contributed by atoms with Gasteiger partial charge in [-0.3, -0.25) is 9.59 Å². The molecule has 2 aromatic rings. The van der Waals surface area contributed by atoms with E-state index in [0.29, 0.717) is 5.69 Å². The fraction of sp³-hybridized carbons (Fsp3) is 0.125. The molecule has 0 aliphatic heterocycles. The fourth-order valence-corrected chi connectivity index (χ4v) is 3.54. The van der Waals surface area contributed by atoms with Crippen molar-refractivity contribution in [2.75, 3.05) is 19.4 Å². The summed E-state index contributed by atoms with van der Waals surface area (Å²) >= 11 is 6.08. The zero-order valence-corrected chi connectivity index (χ0v) is 15.8. The van der Waals surface area contributed by atoms with Gasteiger partial charge in [0.05, 0.1) is 3.79 Å². The number of rotatable bonds is 4. The molecule has 1 aromatic heterocycles. The highest BCUT2D eigenvalue weighted by atomic mass is 79.9. The maximum atomic E-state index is 11.9. The molecule has 0 aliphatic carbocycles. The van der Waals surface area contributed by atoms with Crippen molar-refractivity contribution in [1.29, 1.82) is 0 Å². The molecule has 120 valence electrons. The Morgan fingerprint density at radius 2 is 1.87 bits per heavy atom. The Morgan fingerprint density at radius 3 is 2.43 bits per heavy atom. The summed E-state index contributed by atoms with van der Waals surface area (Å²) in [5.41, 5.74) is 0.689. The van der Waals surface area contributed by atoms with Crippen molar-refractivity contribution in [3.8, 4) is 0 Å². The van der Waals surface area contributed by atoms with Gasteiger partial charge in [0.25, 0.3) is 5.24 Å². The molecule has 1 N–H and O–H groups in total.